The molecule has 1 aliphatic rings. The minimum Gasteiger partial charge on any atom is -0.378 e. The molecule has 2 heterocycles. The van der Waals surface area contributed by atoms with E-state index >= 15 is 0 Å². The highest BCUT2D eigenvalue weighted by Gasteiger charge is 2.26. The van der Waals surface area contributed by atoms with E-state index in [1.54, 1.807) is 0 Å². The number of ether oxygens (including phenoxy) is 1. The van der Waals surface area contributed by atoms with Crippen molar-refractivity contribution in [2.75, 3.05) is 13.2 Å². The van der Waals surface area contributed by atoms with E-state index in [0.29, 0.717) is 12.1 Å². The first-order valence-electron chi connectivity index (χ1n) is 7.51. The predicted octanol–water partition coefficient (Wildman–Crippen LogP) is 3.96. The van der Waals surface area contributed by atoms with Crippen LogP contribution in [-0.4, -0.2) is 25.3 Å². The molecule has 1 aromatic heterocycles. The van der Waals surface area contributed by atoms with E-state index in [4.69, 9.17) is 4.74 Å². The Morgan fingerprint density at radius 3 is 3.00 bits per heavy atom. The van der Waals surface area contributed by atoms with Crippen molar-refractivity contribution in [2.45, 2.75) is 64.0 Å². The lowest BCUT2D eigenvalue weighted by atomic mass is 9.90. The number of hydrogen-bond donors (Lipinski definition) is 1. The second-order valence-electron chi connectivity index (χ2n) is 6.24. The molecule has 19 heavy (non-hydrogen) atoms. The summed E-state index contributed by atoms with van der Waals surface area (Å²) in [7, 11) is 0. The van der Waals surface area contributed by atoms with E-state index in [2.05, 4.69) is 43.6 Å². The van der Waals surface area contributed by atoms with Crippen molar-refractivity contribution in [3.05, 3.63) is 22.4 Å². The highest BCUT2D eigenvalue weighted by Crippen LogP contribution is 2.27. The van der Waals surface area contributed by atoms with Crippen LogP contribution in [0.4, 0.5) is 0 Å². The first-order valence-corrected chi connectivity index (χ1v) is 8.39. The van der Waals surface area contributed by atoms with Crippen LogP contribution in [0.2, 0.25) is 0 Å². The van der Waals surface area contributed by atoms with Crippen molar-refractivity contribution in [1.82, 2.24) is 5.32 Å². The maximum absolute atomic E-state index is 5.81. The summed E-state index contributed by atoms with van der Waals surface area (Å²) in [4.78, 5) is 1.47. The number of hydrogen-bond acceptors (Lipinski definition) is 3. The van der Waals surface area contributed by atoms with Crippen molar-refractivity contribution >= 4 is 11.3 Å². The fourth-order valence-corrected chi connectivity index (χ4v) is 3.59. The molecule has 2 rings (SSSR count). The smallest absolute Gasteiger partial charge is 0.0589 e. The topological polar surface area (TPSA) is 21.3 Å². The van der Waals surface area contributed by atoms with Gasteiger partial charge in [0.25, 0.3) is 0 Å². The minimum atomic E-state index is 0.229. The average molecular weight is 281 g/mol. The van der Waals surface area contributed by atoms with Gasteiger partial charge in [-0.25, -0.2) is 0 Å². The lowest BCUT2D eigenvalue weighted by Gasteiger charge is -2.33. The zero-order valence-corrected chi connectivity index (χ0v) is 13.3. The number of rotatable bonds is 6. The fraction of sp³-hybridized carbons (Fsp3) is 0.750. The summed E-state index contributed by atoms with van der Waals surface area (Å²) in [6.45, 7) is 8.86. The van der Waals surface area contributed by atoms with Gasteiger partial charge in [0, 0.05) is 29.5 Å². The molecule has 0 aliphatic carbocycles. The molecule has 0 saturated carbocycles. The summed E-state index contributed by atoms with van der Waals surface area (Å²) in [5, 5.41) is 5.93. The molecule has 1 fully saturated rings. The van der Waals surface area contributed by atoms with Gasteiger partial charge in [-0.2, -0.15) is 0 Å². The third kappa shape index (κ3) is 4.30. The molecule has 2 unspecified atom stereocenters. The van der Waals surface area contributed by atoms with Crippen LogP contribution in [-0.2, 0) is 10.2 Å². The fourth-order valence-electron chi connectivity index (χ4n) is 2.74. The van der Waals surface area contributed by atoms with Gasteiger partial charge in [-0.1, -0.05) is 33.3 Å². The summed E-state index contributed by atoms with van der Waals surface area (Å²) >= 11 is 1.86. The monoisotopic (exact) mass is 281 g/mol. The van der Waals surface area contributed by atoms with E-state index in [-0.39, 0.29) is 5.41 Å². The molecule has 0 amide bonds. The molecule has 108 valence electrons. The molecular weight excluding hydrogens is 254 g/mol. The molecule has 1 aliphatic heterocycles. The first-order chi connectivity index (χ1) is 9.12. The lowest BCUT2D eigenvalue weighted by Crippen LogP contribution is -2.43. The van der Waals surface area contributed by atoms with Crippen molar-refractivity contribution in [3.8, 4) is 0 Å². The van der Waals surface area contributed by atoms with Gasteiger partial charge in [0.1, 0.15) is 0 Å². The Kier molecular flexibility index (Phi) is 5.43. The van der Waals surface area contributed by atoms with Crippen molar-refractivity contribution in [3.63, 3.8) is 0 Å². The molecule has 0 bridgehead atoms. The van der Waals surface area contributed by atoms with E-state index in [0.717, 1.165) is 19.6 Å². The number of thiophene rings is 1. The highest BCUT2D eigenvalue weighted by atomic mass is 32.1. The molecule has 0 spiro atoms. The van der Waals surface area contributed by atoms with Crippen LogP contribution in [0.1, 0.15) is 51.3 Å². The van der Waals surface area contributed by atoms with Gasteiger partial charge in [-0.15, -0.1) is 11.3 Å². The third-order valence-corrected chi connectivity index (χ3v) is 5.23. The van der Waals surface area contributed by atoms with Crippen LogP contribution < -0.4 is 5.32 Å². The molecule has 1 aromatic rings. The zero-order valence-electron chi connectivity index (χ0n) is 12.4. The Balaban J connectivity index is 1.81. The largest absolute Gasteiger partial charge is 0.378 e. The number of nitrogens with one attached hydrogen (secondary N) is 1. The summed E-state index contributed by atoms with van der Waals surface area (Å²) in [5.41, 5.74) is 0.229. The van der Waals surface area contributed by atoms with Crippen molar-refractivity contribution in [2.24, 2.45) is 0 Å². The average Bonchev–Trinajstić information content (AvgIpc) is 2.92. The summed E-state index contributed by atoms with van der Waals surface area (Å²) < 4.78 is 5.81. The van der Waals surface area contributed by atoms with E-state index < -0.39 is 0 Å². The lowest BCUT2D eigenvalue weighted by molar-refractivity contribution is -0.00377. The predicted molar refractivity (Wildman–Crippen MR) is 83.0 cm³/mol. The van der Waals surface area contributed by atoms with E-state index in [1.165, 1.54) is 24.1 Å². The molecule has 1 N–H and O–H groups in total. The van der Waals surface area contributed by atoms with Gasteiger partial charge in [-0.05, 0) is 30.7 Å². The van der Waals surface area contributed by atoms with Crippen LogP contribution >= 0.6 is 11.3 Å². The van der Waals surface area contributed by atoms with Crippen molar-refractivity contribution < 1.29 is 4.74 Å². The Labute approximate surface area is 121 Å². The molecule has 3 heteroatoms. The van der Waals surface area contributed by atoms with Gasteiger partial charge in [0.05, 0.1) is 6.10 Å². The summed E-state index contributed by atoms with van der Waals surface area (Å²) in [5.74, 6) is 0. The van der Waals surface area contributed by atoms with Crippen LogP contribution in [0.3, 0.4) is 0 Å². The quantitative estimate of drug-likeness (QED) is 0.852. The second kappa shape index (κ2) is 6.87. The Bertz CT molecular complexity index is 359. The van der Waals surface area contributed by atoms with Gasteiger partial charge in [0.15, 0.2) is 0 Å². The van der Waals surface area contributed by atoms with Gasteiger partial charge >= 0.3 is 0 Å². The maximum Gasteiger partial charge on any atom is 0.0589 e. The molecule has 2 atom stereocenters. The van der Waals surface area contributed by atoms with Crippen molar-refractivity contribution in [1.29, 1.82) is 0 Å². The molecule has 0 radical (unpaired) electrons. The molecule has 0 aromatic carbocycles. The Morgan fingerprint density at radius 2 is 2.32 bits per heavy atom. The van der Waals surface area contributed by atoms with Crippen LogP contribution in [0, 0.1) is 0 Å². The molecule has 1 saturated heterocycles. The van der Waals surface area contributed by atoms with Crippen LogP contribution in [0.15, 0.2) is 17.5 Å². The standard InChI is InChI=1S/C16H27NOS/c1-4-6-14-11-13(8-9-18-14)17-12-16(2,3)15-7-5-10-19-15/h5,7,10,13-14,17H,4,6,8-9,11-12H2,1-3H3. The summed E-state index contributed by atoms with van der Waals surface area (Å²) in [6.07, 6.45) is 5.22. The van der Waals surface area contributed by atoms with Crippen LogP contribution in [0.25, 0.3) is 0 Å². The van der Waals surface area contributed by atoms with E-state index in [9.17, 15) is 0 Å². The highest BCUT2D eigenvalue weighted by molar-refractivity contribution is 7.10. The van der Waals surface area contributed by atoms with Gasteiger partial charge < -0.3 is 10.1 Å². The summed E-state index contributed by atoms with van der Waals surface area (Å²) in [6, 6.07) is 5.02. The SMILES string of the molecule is CCCC1CC(NCC(C)(C)c2cccs2)CCO1. The maximum atomic E-state index is 5.81. The minimum absolute atomic E-state index is 0.229. The third-order valence-electron chi connectivity index (χ3n) is 4.00. The van der Waals surface area contributed by atoms with E-state index in [1.807, 2.05) is 11.3 Å². The second-order valence-corrected chi connectivity index (χ2v) is 7.19. The molecular formula is C16H27NOS. The Morgan fingerprint density at radius 1 is 1.47 bits per heavy atom. The zero-order chi connectivity index (χ0) is 13.7. The van der Waals surface area contributed by atoms with Crippen LogP contribution in [0.5, 0.6) is 0 Å². The Hall–Kier alpha value is -0.380. The normalized spacial score (nSPS) is 24.6. The van der Waals surface area contributed by atoms with Gasteiger partial charge in [-0.3, -0.25) is 0 Å². The first kappa shape index (κ1) is 15.0. The molecule has 2 nitrogen and oxygen atoms in total. The van der Waals surface area contributed by atoms with Gasteiger partial charge in [0.2, 0.25) is 0 Å².